The van der Waals surface area contributed by atoms with Crippen LogP contribution >= 0.6 is 0 Å². The second-order valence-electron chi connectivity index (χ2n) is 2.27. The summed E-state index contributed by atoms with van der Waals surface area (Å²) in [5.74, 6) is -0.351. The molecule has 0 fully saturated rings. The van der Waals surface area contributed by atoms with E-state index in [0.717, 1.165) is 0 Å². The highest BCUT2D eigenvalue weighted by Crippen LogP contribution is 2.08. The third-order valence-electron chi connectivity index (χ3n) is 1.32. The normalized spacial score (nSPS) is 9.38. The highest BCUT2D eigenvalue weighted by Gasteiger charge is 2.00. The van der Waals surface area contributed by atoms with Crippen molar-refractivity contribution in [3.8, 4) is 0 Å². The molecule has 0 aliphatic rings. The molecule has 1 rings (SSSR count). The number of anilines is 1. The van der Waals surface area contributed by atoms with Gasteiger partial charge in [0.1, 0.15) is 5.82 Å². The average molecular weight is 182 g/mol. The number of ether oxygens (including phenoxy) is 1. The zero-order valence-electron chi connectivity index (χ0n) is 6.92. The zero-order valence-corrected chi connectivity index (χ0v) is 6.92. The molecule has 0 aromatic heterocycles. The van der Waals surface area contributed by atoms with Crippen LogP contribution in [0.2, 0.25) is 0 Å². The van der Waals surface area contributed by atoms with Crippen molar-refractivity contribution >= 4 is 11.8 Å². The maximum atomic E-state index is 12.4. The fourth-order valence-electron chi connectivity index (χ4n) is 0.780. The van der Waals surface area contributed by atoms with Crippen LogP contribution in [-0.2, 0) is 4.74 Å². The minimum Gasteiger partial charge on any atom is -0.449 e. The summed E-state index contributed by atoms with van der Waals surface area (Å²) in [4.78, 5) is 10.8. The van der Waals surface area contributed by atoms with Gasteiger partial charge in [-0.2, -0.15) is 0 Å². The first kappa shape index (κ1) is 9.51. The van der Waals surface area contributed by atoms with Crippen LogP contribution in [-0.4, -0.2) is 12.7 Å². The Hall–Kier alpha value is -1.58. The summed E-state index contributed by atoms with van der Waals surface area (Å²) in [6.07, 6.45) is -0.596. The van der Waals surface area contributed by atoms with Crippen molar-refractivity contribution in [1.82, 2.24) is 0 Å². The minimum absolute atomic E-state index is 0.0625. The Balaban J connectivity index is 2.54. The van der Waals surface area contributed by atoms with E-state index in [1.54, 1.807) is 0 Å². The first-order chi connectivity index (χ1) is 6.22. The summed E-state index contributed by atoms with van der Waals surface area (Å²) in [5.41, 5.74) is 0.486. The van der Waals surface area contributed by atoms with Gasteiger partial charge in [-0.15, -0.1) is 0 Å². The van der Waals surface area contributed by atoms with Gasteiger partial charge in [0, 0.05) is 5.69 Å². The lowest BCUT2D eigenvalue weighted by Crippen LogP contribution is -2.13. The zero-order chi connectivity index (χ0) is 9.68. The van der Waals surface area contributed by atoms with Crippen LogP contribution in [0.1, 0.15) is 0 Å². The lowest BCUT2D eigenvalue weighted by molar-refractivity contribution is 0.173. The van der Waals surface area contributed by atoms with Crippen molar-refractivity contribution in [3.63, 3.8) is 0 Å². The molecule has 0 aliphatic carbocycles. The third kappa shape index (κ3) is 3.11. The molecule has 1 N–H and O–H groups in total. The number of carbonyl (C=O) groups is 1. The van der Waals surface area contributed by atoms with Crippen molar-refractivity contribution in [1.29, 1.82) is 0 Å². The van der Waals surface area contributed by atoms with Gasteiger partial charge >= 0.3 is 6.09 Å². The number of hydrogen-bond acceptors (Lipinski definition) is 2. The van der Waals surface area contributed by atoms with Crippen LogP contribution in [0.25, 0.3) is 0 Å². The molecule has 0 saturated carbocycles. The molecule has 0 unspecified atom stereocenters. The molecule has 1 aromatic carbocycles. The van der Waals surface area contributed by atoms with Crippen molar-refractivity contribution in [2.45, 2.75) is 0 Å². The van der Waals surface area contributed by atoms with Gasteiger partial charge in [-0.25, -0.2) is 9.18 Å². The molecule has 0 heterocycles. The van der Waals surface area contributed by atoms with E-state index < -0.39 is 6.09 Å². The van der Waals surface area contributed by atoms with Crippen molar-refractivity contribution < 1.29 is 13.9 Å². The molecule has 0 atom stereocenters. The summed E-state index contributed by atoms with van der Waals surface area (Å²) in [6.45, 7) is 3.40. The van der Waals surface area contributed by atoms with E-state index in [4.69, 9.17) is 0 Å². The van der Waals surface area contributed by atoms with E-state index in [9.17, 15) is 9.18 Å². The second kappa shape index (κ2) is 4.45. The van der Waals surface area contributed by atoms with Crippen LogP contribution < -0.4 is 5.32 Å². The molecule has 13 heavy (non-hydrogen) atoms. The average Bonchev–Trinajstić information content (AvgIpc) is 2.09. The molecule has 1 aromatic rings. The SMILES string of the molecule is [CH2]COC(=O)Nc1ccc(F)cc1. The molecule has 0 saturated heterocycles. The fraction of sp³-hybridized carbons (Fsp3) is 0.111. The van der Waals surface area contributed by atoms with Crippen LogP contribution in [0.5, 0.6) is 0 Å². The van der Waals surface area contributed by atoms with Crippen molar-refractivity contribution in [3.05, 3.63) is 37.0 Å². The summed E-state index contributed by atoms with van der Waals surface area (Å²) in [5, 5.41) is 2.40. The first-order valence-electron chi connectivity index (χ1n) is 3.71. The molecule has 0 spiro atoms. The first-order valence-corrected chi connectivity index (χ1v) is 3.71. The fourth-order valence-corrected chi connectivity index (χ4v) is 0.780. The van der Waals surface area contributed by atoms with Gasteiger partial charge in [-0.1, -0.05) is 0 Å². The summed E-state index contributed by atoms with van der Waals surface area (Å²) >= 11 is 0. The maximum absolute atomic E-state index is 12.4. The summed E-state index contributed by atoms with van der Waals surface area (Å²) < 4.78 is 16.9. The number of nitrogens with one attached hydrogen (secondary N) is 1. The molecule has 1 radical (unpaired) electrons. The molecule has 0 bridgehead atoms. The molecular formula is C9H9FNO2. The number of hydrogen-bond donors (Lipinski definition) is 1. The molecule has 69 valence electrons. The van der Waals surface area contributed by atoms with Crippen LogP contribution in [0, 0.1) is 12.7 Å². The maximum Gasteiger partial charge on any atom is 0.411 e. The summed E-state index contributed by atoms with van der Waals surface area (Å²) in [6, 6.07) is 5.39. The minimum atomic E-state index is -0.596. The Bertz CT molecular complexity index is 284. The Labute approximate surface area is 75.5 Å². The monoisotopic (exact) mass is 182 g/mol. The Morgan fingerprint density at radius 2 is 2.08 bits per heavy atom. The van der Waals surface area contributed by atoms with Gasteiger partial charge in [0.2, 0.25) is 0 Å². The number of halogens is 1. The number of benzene rings is 1. The van der Waals surface area contributed by atoms with E-state index in [2.05, 4.69) is 17.0 Å². The second-order valence-corrected chi connectivity index (χ2v) is 2.27. The Morgan fingerprint density at radius 1 is 1.46 bits per heavy atom. The Morgan fingerprint density at radius 3 is 2.62 bits per heavy atom. The molecule has 3 nitrogen and oxygen atoms in total. The summed E-state index contributed by atoms with van der Waals surface area (Å²) in [7, 11) is 0. The Kier molecular flexibility index (Phi) is 3.25. The molecule has 0 aliphatic heterocycles. The van der Waals surface area contributed by atoms with Gasteiger partial charge in [0.15, 0.2) is 0 Å². The number of rotatable bonds is 2. The predicted octanol–water partition coefficient (Wildman–Crippen LogP) is 2.21. The van der Waals surface area contributed by atoms with E-state index in [-0.39, 0.29) is 12.4 Å². The number of amides is 1. The van der Waals surface area contributed by atoms with Crippen molar-refractivity contribution in [2.24, 2.45) is 0 Å². The molecular weight excluding hydrogens is 173 g/mol. The highest BCUT2D eigenvalue weighted by atomic mass is 19.1. The van der Waals surface area contributed by atoms with Gasteiger partial charge in [0.25, 0.3) is 0 Å². The van der Waals surface area contributed by atoms with E-state index >= 15 is 0 Å². The van der Waals surface area contributed by atoms with E-state index in [1.165, 1.54) is 24.3 Å². The third-order valence-corrected chi connectivity index (χ3v) is 1.32. The predicted molar refractivity (Wildman–Crippen MR) is 46.7 cm³/mol. The smallest absolute Gasteiger partial charge is 0.411 e. The number of carbonyl (C=O) groups excluding carboxylic acids is 1. The van der Waals surface area contributed by atoms with E-state index in [1.807, 2.05) is 0 Å². The lowest BCUT2D eigenvalue weighted by Gasteiger charge is -2.03. The standard InChI is InChI=1S/C9H9FNO2/c1-2-13-9(12)11-8-5-3-7(10)4-6-8/h3-6H,1-2H2,(H,11,12). The van der Waals surface area contributed by atoms with E-state index in [0.29, 0.717) is 5.69 Å². The van der Waals surface area contributed by atoms with Crippen LogP contribution in [0.3, 0.4) is 0 Å². The van der Waals surface area contributed by atoms with Crippen LogP contribution in [0.15, 0.2) is 24.3 Å². The topological polar surface area (TPSA) is 38.3 Å². The lowest BCUT2D eigenvalue weighted by atomic mass is 10.3. The highest BCUT2D eigenvalue weighted by molar-refractivity contribution is 5.84. The van der Waals surface area contributed by atoms with Gasteiger partial charge < -0.3 is 4.74 Å². The van der Waals surface area contributed by atoms with Crippen LogP contribution in [0.4, 0.5) is 14.9 Å². The van der Waals surface area contributed by atoms with Gasteiger partial charge in [-0.3, -0.25) is 5.32 Å². The largest absolute Gasteiger partial charge is 0.449 e. The van der Waals surface area contributed by atoms with Gasteiger partial charge in [-0.05, 0) is 31.2 Å². The molecule has 4 heteroatoms. The molecule has 1 amide bonds. The quantitative estimate of drug-likeness (QED) is 0.761. The van der Waals surface area contributed by atoms with Gasteiger partial charge in [0.05, 0.1) is 6.61 Å². The van der Waals surface area contributed by atoms with Crippen molar-refractivity contribution in [2.75, 3.05) is 11.9 Å².